The van der Waals surface area contributed by atoms with E-state index >= 15 is 0 Å². The third-order valence-corrected chi connectivity index (χ3v) is 5.38. The maximum absolute atomic E-state index is 13.4. The van der Waals surface area contributed by atoms with E-state index in [0.29, 0.717) is 12.1 Å². The Balaban J connectivity index is 2.62. The first kappa shape index (κ1) is 28.6. The van der Waals surface area contributed by atoms with Crippen LogP contribution in [0, 0.1) is 20.8 Å². The van der Waals surface area contributed by atoms with Crippen molar-refractivity contribution in [3.63, 3.8) is 0 Å². The number of amides is 1. The first-order valence-electron chi connectivity index (χ1n) is 12.0. The summed E-state index contributed by atoms with van der Waals surface area (Å²) in [6.07, 6.45) is 8.93. The molecule has 0 aliphatic heterocycles. The van der Waals surface area contributed by atoms with E-state index in [9.17, 15) is 9.59 Å². The highest BCUT2D eigenvalue weighted by atomic mass is 16.6. The van der Waals surface area contributed by atoms with Gasteiger partial charge in [0.15, 0.2) is 0 Å². The van der Waals surface area contributed by atoms with Crippen LogP contribution in [0.25, 0.3) is 5.57 Å². The van der Waals surface area contributed by atoms with E-state index in [1.165, 1.54) is 0 Å². The summed E-state index contributed by atoms with van der Waals surface area (Å²) in [7, 11) is 1.63. The number of benzene rings is 1. The molecule has 6 heteroatoms. The van der Waals surface area contributed by atoms with E-state index in [2.05, 4.69) is 11.6 Å². The molecule has 2 rings (SSSR count). The predicted octanol–water partition coefficient (Wildman–Crippen LogP) is 7.06. The summed E-state index contributed by atoms with van der Waals surface area (Å²) in [5, 5.41) is 0. The molecule has 2 aromatic rings. The van der Waals surface area contributed by atoms with Crippen LogP contribution in [0.1, 0.15) is 62.1 Å². The van der Waals surface area contributed by atoms with Crippen LogP contribution in [0.2, 0.25) is 0 Å². The summed E-state index contributed by atoms with van der Waals surface area (Å²) in [5.74, 6) is 0.836. The Morgan fingerprint density at radius 2 is 1.83 bits per heavy atom. The summed E-state index contributed by atoms with van der Waals surface area (Å²) < 4.78 is 11.3. The molecule has 36 heavy (non-hydrogen) atoms. The lowest BCUT2D eigenvalue weighted by atomic mass is 10.0. The van der Waals surface area contributed by atoms with Gasteiger partial charge in [0, 0.05) is 29.4 Å². The monoisotopic (exact) mass is 490 g/mol. The maximum Gasteiger partial charge on any atom is 0.415 e. The van der Waals surface area contributed by atoms with Gasteiger partial charge in [-0.2, -0.15) is 0 Å². The molecule has 0 fully saturated rings. The van der Waals surface area contributed by atoms with E-state index in [1.54, 1.807) is 31.2 Å². The molecule has 6 nitrogen and oxygen atoms in total. The maximum atomic E-state index is 13.4. The molecule has 0 aliphatic rings. The van der Waals surface area contributed by atoms with Crippen LogP contribution in [0.15, 0.2) is 55.3 Å². The molecule has 0 bridgehead atoms. The van der Waals surface area contributed by atoms with Gasteiger partial charge in [-0.3, -0.25) is 14.7 Å². The van der Waals surface area contributed by atoms with Crippen LogP contribution < -0.4 is 9.64 Å². The van der Waals surface area contributed by atoms with Crippen LogP contribution in [-0.4, -0.2) is 29.6 Å². The van der Waals surface area contributed by atoms with Crippen LogP contribution >= 0.6 is 0 Å². The Morgan fingerprint density at radius 1 is 1.14 bits per heavy atom. The molecule has 0 unspecified atom stereocenters. The fourth-order valence-corrected chi connectivity index (χ4v) is 3.77. The molecule has 0 saturated heterocycles. The topological polar surface area (TPSA) is 68.7 Å². The number of hydrogen-bond acceptors (Lipinski definition) is 5. The van der Waals surface area contributed by atoms with Crippen molar-refractivity contribution < 1.29 is 19.1 Å². The number of aromatic nitrogens is 1. The van der Waals surface area contributed by atoms with Crippen molar-refractivity contribution in [1.82, 2.24) is 4.98 Å². The summed E-state index contributed by atoms with van der Waals surface area (Å²) in [4.78, 5) is 31.0. The second-order valence-corrected chi connectivity index (χ2v) is 9.84. The summed E-state index contributed by atoms with van der Waals surface area (Å²) in [6, 6.07) is 5.91. The fourth-order valence-electron chi connectivity index (χ4n) is 3.77. The van der Waals surface area contributed by atoms with Crippen molar-refractivity contribution in [1.29, 1.82) is 0 Å². The number of pyridine rings is 1. The fraction of sp³-hybridized carbons (Fsp3) is 0.367. The number of carbonyl (C=O) groups excluding carboxylic acids is 2. The average molecular weight is 491 g/mol. The smallest absolute Gasteiger partial charge is 0.415 e. The van der Waals surface area contributed by atoms with E-state index in [-0.39, 0.29) is 12.3 Å². The van der Waals surface area contributed by atoms with Crippen LogP contribution in [0.3, 0.4) is 0 Å². The molecule has 0 aliphatic carbocycles. The van der Waals surface area contributed by atoms with Gasteiger partial charge in [0.1, 0.15) is 17.1 Å². The van der Waals surface area contributed by atoms with E-state index < -0.39 is 11.7 Å². The number of carbonyl (C=O) groups is 2. The van der Waals surface area contributed by atoms with E-state index in [4.69, 9.17) is 9.47 Å². The molecule has 0 N–H and O–H groups in total. The first-order chi connectivity index (χ1) is 16.9. The SMILES string of the molecule is C=C/C=C(\C=C/CC(C)=O)c1cc(C)cc(N(Cc2ncc(C)c(OC)c2C)C(=O)OC(C)(C)C)c1. The normalized spacial score (nSPS) is 11.9. The highest BCUT2D eigenvalue weighted by Crippen LogP contribution is 2.30. The van der Waals surface area contributed by atoms with Crippen molar-refractivity contribution in [2.45, 2.75) is 67.0 Å². The van der Waals surface area contributed by atoms with Gasteiger partial charge in [-0.25, -0.2) is 4.79 Å². The largest absolute Gasteiger partial charge is 0.496 e. The molecule has 0 spiro atoms. The lowest BCUT2D eigenvalue weighted by molar-refractivity contribution is -0.116. The molecule has 192 valence electrons. The van der Waals surface area contributed by atoms with Gasteiger partial charge < -0.3 is 9.47 Å². The van der Waals surface area contributed by atoms with Crippen LogP contribution in [-0.2, 0) is 16.1 Å². The molecule has 0 radical (unpaired) electrons. The predicted molar refractivity (Wildman–Crippen MR) is 146 cm³/mol. The summed E-state index contributed by atoms with van der Waals surface area (Å²) in [5.41, 5.74) is 5.27. The molecule has 1 aromatic carbocycles. The zero-order chi connectivity index (χ0) is 27.0. The molecular weight excluding hydrogens is 452 g/mol. The first-order valence-corrected chi connectivity index (χ1v) is 12.0. The quantitative estimate of drug-likeness (QED) is 0.352. The number of anilines is 1. The molecule has 1 aromatic heterocycles. The Labute approximate surface area is 215 Å². The minimum Gasteiger partial charge on any atom is -0.496 e. The number of aryl methyl sites for hydroxylation is 2. The average Bonchev–Trinajstić information content (AvgIpc) is 2.76. The van der Waals surface area contributed by atoms with Crippen LogP contribution in [0.5, 0.6) is 5.75 Å². The summed E-state index contributed by atoms with van der Waals surface area (Å²) in [6.45, 7) is 17.0. The zero-order valence-corrected chi connectivity index (χ0v) is 22.8. The highest BCUT2D eigenvalue weighted by Gasteiger charge is 2.26. The number of nitrogens with zero attached hydrogens (tertiary/aromatic N) is 2. The summed E-state index contributed by atoms with van der Waals surface area (Å²) >= 11 is 0. The number of allylic oxidation sites excluding steroid dienone is 5. The Morgan fingerprint density at radius 3 is 2.42 bits per heavy atom. The van der Waals surface area contributed by atoms with Gasteiger partial charge in [-0.05, 0) is 77.3 Å². The minimum absolute atomic E-state index is 0.0848. The van der Waals surface area contributed by atoms with Crippen molar-refractivity contribution >= 4 is 23.1 Å². The molecule has 1 heterocycles. The van der Waals surface area contributed by atoms with Gasteiger partial charge >= 0.3 is 6.09 Å². The Kier molecular flexibility index (Phi) is 9.79. The number of ketones is 1. The number of ether oxygens (including phenoxy) is 2. The zero-order valence-electron chi connectivity index (χ0n) is 22.8. The number of Topliss-reactive ketones (excluding diaryl/α,β-unsaturated/α-hetero) is 1. The Bertz CT molecular complexity index is 1190. The lowest BCUT2D eigenvalue weighted by Crippen LogP contribution is -2.37. The second kappa shape index (κ2) is 12.3. The van der Waals surface area contributed by atoms with Gasteiger partial charge in [0.2, 0.25) is 0 Å². The number of hydrogen-bond donors (Lipinski definition) is 0. The molecule has 1 amide bonds. The number of methoxy groups -OCH3 is 1. The van der Waals surface area contributed by atoms with Crippen LogP contribution in [0.4, 0.5) is 10.5 Å². The highest BCUT2D eigenvalue weighted by molar-refractivity contribution is 5.89. The number of rotatable bonds is 9. The van der Waals surface area contributed by atoms with Gasteiger partial charge in [0.05, 0.1) is 19.3 Å². The van der Waals surface area contributed by atoms with Crippen molar-refractivity contribution in [2.75, 3.05) is 12.0 Å². The van der Waals surface area contributed by atoms with Crippen molar-refractivity contribution in [3.05, 3.63) is 83.2 Å². The molecule has 0 saturated carbocycles. The third-order valence-electron chi connectivity index (χ3n) is 5.38. The second-order valence-electron chi connectivity index (χ2n) is 9.84. The van der Waals surface area contributed by atoms with Crippen molar-refractivity contribution in [3.8, 4) is 5.75 Å². The van der Waals surface area contributed by atoms with Crippen molar-refractivity contribution in [2.24, 2.45) is 0 Å². The standard InChI is InChI=1S/C30H38N2O4/c1-10-12-24(14-11-13-22(4)33)25-15-20(2)16-26(17-25)32(29(34)36-30(6,7)8)19-27-23(5)28(35-9)21(3)18-31-27/h10-12,14-18H,1,13,19H2,2-9H3/b14-11-,24-12+. The van der Waals surface area contributed by atoms with Gasteiger partial charge in [0.25, 0.3) is 0 Å². The third kappa shape index (κ3) is 7.94. The lowest BCUT2D eigenvalue weighted by Gasteiger charge is -2.28. The minimum atomic E-state index is -0.668. The van der Waals surface area contributed by atoms with Gasteiger partial charge in [-0.1, -0.05) is 36.9 Å². The van der Waals surface area contributed by atoms with E-state index in [1.807, 2.05) is 78.0 Å². The molecular formula is C30H38N2O4. The van der Waals surface area contributed by atoms with E-state index in [0.717, 1.165) is 39.3 Å². The van der Waals surface area contributed by atoms with Gasteiger partial charge in [-0.15, -0.1) is 0 Å². The Hall–Kier alpha value is -3.67. The molecule has 0 atom stereocenters.